The molecule has 0 bridgehead atoms. The van der Waals surface area contributed by atoms with Crippen molar-refractivity contribution in [2.45, 2.75) is 4.90 Å². The highest BCUT2D eigenvalue weighted by atomic mass is 79.9. The van der Waals surface area contributed by atoms with Crippen LogP contribution in [0.5, 0.6) is 0 Å². The summed E-state index contributed by atoms with van der Waals surface area (Å²) in [5.41, 5.74) is 1.51. The Labute approximate surface area is 126 Å². The summed E-state index contributed by atoms with van der Waals surface area (Å²) in [5.74, 6) is 0. The molecule has 0 unspecified atom stereocenters. The van der Waals surface area contributed by atoms with E-state index < -0.39 is 10.0 Å². The van der Waals surface area contributed by atoms with E-state index >= 15 is 0 Å². The van der Waals surface area contributed by atoms with Crippen LogP contribution in [0.15, 0.2) is 52.1 Å². The SMILES string of the molecule is CN(C)c1ccc(NS(=O)(=O)c2cncc(Br)c2)cc1. The summed E-state index contributed by atoms with van der Waals surface area (Å²) in [6.07, 6.45) is 2.84. The minimum absolute atomic E-state index is 0.114. The van der Waals surface area contributed by atoms with Gasteiger partial charge in [0.15, 0.2) is 0 Å². The highest BCUT2D eigenvalue weighted by Crippen LogP contribution is 2.20. The van der Waals surface area contributed by atoms with Crippen molar-refractivity contribution in [3.05, 3.63) is 47.2 Å². The summed E-state index contributed by atoms with van der Waals surface area (Å²) in [7, 11) is 0.221. The minimum atomic E-state index is -3.63. The molecule has 0 spiro atoms. The van der Waals surface area contributed by atoms with E-state index in [4.69, 9.17) is 0 Å². The Bertz CT molecular complexity index is 700. The van der Waals surface area contributed by atoms with E-state index in [1.165, 1.54) is 18.5 Å². The van der Waals surface area contributed by atoms with Crippen molar-refractivity contribution in [3.8, 4) is 0 Å². The van der Waals surface area contributed by atoms with Gasteiger partial charge in [-0.05, 0) is 46.3 Å². The van der Waals surface area contributed by atoms with Crippen molar-refractivity contribution in [2.24, 2.45) is 0 Å². The average Bonchev–Trinajstić information content (AvgIpc) is 2.39. The first-order chi connectivity index (χ1) is 9.38. The van der Waals surface area contributed by atoms with E-state index in [0.717, 1.165) is 5.69 Å². The van der Waals surface area contributed by atoms with Gasteiger partial charge in [-0.2, -0.15) is 0 Å². The van der Waals surface area contributed by atoms with Gasteiger partial charge in [0.05, 0.1) is 0 Å². The molecule has 2 aromatic rings. The predicted octanol–water partition coefficient (Wildman–Crippen LogP) is 2.71. The molecule has 0 saturated carbocycles. The molecule has 0 aliphatic heterocycles. The Kier molecular flexibility index (Phi) is 4.29. The number of pyridine rings is 1. The standard InChI is InChI=1S/C13H14BrN3O2S/c1-17(2)12-5-3-11(4-6-12)16-20(18,19)13-7-10(14)8-15-9-13/h3-9,16H,1-2H3. The van der Waals surface area contributed by atoms with Gasteiger partial charge in [-0.1, -0.05) is 0 Å². The largest absolute Gasteiger partial charge is 0.378 e. The fourth-order valence-electron chi connectivity index (χ4n) is 1.58. The first-order valence-electron chi connectivity index (χ1n) is 5.79. The lowest BCUT2D eigenvalue weighted by Crippen LogP contribution is -2.13. The molecule has 106 valence electrons. The van der Waals surface area contributed by atoms with Gasteiger partial charge in [0.25, 0.3) is 10.0 Å². The van der Waals surface area contributed by atoms with Crippen LogP contribution in [0.25, 0.3) is 0 Å². The lowest BCUT2D eigenvalue weighted by Gasteiger charge is -2.13. The Balaban J connectivity index is 2.24. The van der Waals surface area contributed by atoms with Crippen LogP contribution in [0, 0.1) is 0 Å². The number of nitrogens with zero attached hydrogens (tertiary/aromatic N) is 2. The summed E-state index contributed by atoms with van der Waals surface area (Å²) >= 11 is 3.21. The average molecular weight is 356 g/mol. The molecule has 0 radical (unpaired) electrons. The van der Waals surface area contributed by atoms with Gasteiger partial charge in [-0.25, -0.2) is 8.42 Å². The van der Waals surface area contributed by atoms with E-state index in [2.05, 4.69) is 25.6 Å². The third-order valence-electron chi connectivity index (χ3n) is 2.63. The number of aromatic nitrogens is 1. The Morgan fingerprint density at radius 2 is 1.80 bits per heavy atom. The van der Waals surface area contributed by atoms with E-state index in [9.17, 15) is 8.42 Å². The van der Waals surface area contributed by atoms with Gasteiger partial charge in [0.2, 0.25) is 0 Å². The molecule has 1 heterocycles. The normalized spacial score (nSPS) is 11.2. The lowest BCUT2D eigenvalue weighted by molar-refractivity contribution is 0.600. The van der Waals surface area contributed by atoms with E-state index in [-0.39, 0.29) is 4.90 Å². The number of nitrogens with one attached hydrogen (secondary N) is 1. The quantitative estimate of drug-likeness (QED) is 0.915. The minimum Gasteiger partial charge on any atom is -0.378 e. The van der Waals surface area contributed by atoms with Crippen LogP contribution in [0.4, 0.5) is 11.4 Å². The maximum Gasteiger partial charge on any atom is 0.263 e. The number of anilines is 2. The van der Waals surface area contributed by atoms with Crippen molar-refractivity contribution in [1.29, 1.82) is 0 Å². The van der Waals surface area contributed by atoms with Crippen molar-refractivity contribution < 1.29 is 8.42 Å². The number of hydrogen-bond donors (Lipinski definition) is 1. The monoisotopic (exact) mass is 355 g/mol. The number of rotatable bonds is 4. The second kappa shape index (κ2) is 5.80. The summed E-state index contributed by atoms with van der Waals surface area (Å²) in [4.78, 5) is 5.91. The van der Waals surface area contributed by atoms with Gasteiger partial charge in [-0.3, -0.25) is 9.71 Å². The fraction of sp³-hybridized carbons (Fsp3) is 0.154. The molecule has 2 rings (SSSR count). The Hall–Kier alpha value is -1.60. The van der Waals surface area contributed by atoms with Crippen LogP contribution >= 0.6 is 15.9 Å². The summed E-state index contributed by atoms with van der Waals surface area (Å²) in [6, 6.07) is 8.63. The Morgan fingerprint density at radius 3 is 2.35 bits per heavy atom. The van der Waals surface area contributed by atoms with Crippen LogP contribution in [0.1, 0.15) is 0 Å². The molecule has 0 atom stereocenters. The number of benzene rings is 1. The van der Waals surface area contributed by atoms with Crippen LogP contribution in [0.3, 0.4) is 0 Å². The summed E-state index contributed by atoms with van der Waals surface area (Å²) in [6.45, 7) is 0. The van der Waals surface area contributed by atoms with Crippen LogP contribution in [0.2, 0.25) is 0 Å². The third kappa shape index (κ3) is 3.49. The highest BCUT2D eigenvalue weighted by Gasteiger charge is 2.15. The van der Waals surface area contributed by atoms with E-state index in [0.29, 0.717) is 10.2 Å². The Morgan fingerprint density at radius 1 is 1.15 bits per heavy atom. The molecular formula is C13H14BrN3O2S. The molecule has 0 aliphatic carbocycles. The van der Waals surface area contributed by atoms with E-state index in [1.54, 1.807) is 12.1 Å². The second-order valence-corrected chi connectivity index (χ2v) is 6.98. The maximum atomic E-state index is 12.2. The molecule has 1 aromatic carbocycles. The van der Waals surface area contributed by atoms with Crippen LogP contribution < -0.4 is 9.62 Å². The highest BCUT2D eigenvalue weighted by molar-refractivity contribution is 9.10. The van der Waals surface area contributed by atoms with Crippen molar-refractivity contribution in [3.63, 3.8) is 0 Å². The molecular weight excluding hydrogens is 342 g/mol. The molecule has 1 N–H and O–H groups in total. The zero-order chi connectivity index (χ0) is 14.8. The zero-order valence-electron chi connectivity index (χ0n) is 11.0. The maximum absolute atomic E-state index is 12.2. The first-order valence-corrected chi connectivity index (χ1v) is 8.07. The smallest absolute Gasteiger partial charge is 0.263 e. The fourth-order valence-corrected chi connectivity index (χ4v) is 3.14. The van der Waals surface area contributed by atoms with Crippen molar-refractivity contribution in [2.75, 3.05) is 23.7 Å². The van der Waals surface area contributed by atoms with Crippen LogP contribution in [-0.4, -0.2) is 27.5 Å². The lowest BCUT2D eigenvalue weighted by atomic mass is 10.3. The molecule has 0 aliphatic rings. The predicted molar refractivity (Wildman–Crippen MR) is 83.5 cm³/mol. The molecule has 0 saturated heterocycles. The molecule has 0 fully saturated rings. The second-order valence-electron chi connectivity index (χ2n) is 4.39. The van der Waals surface area contributed by atoms with Gasteiger partial charge >= 0.3 is 0 Å². The number of sulfonamides is 1. The van der Waals surface area contributed by atoms with Crippen molar-refractivity contribution >= 4 is 37.3 Å². The van der Waals surface area contributed by atoms with Gasteiger partial charge in [0, 0.05) is 42.3 Å². The zero-order valence-corrected chi connectivity index (χ0v) is 13.4. The summed E-state index contributed by atoms with van der Waals surface area (Å²) in [5, 5.41) is 0. The molecule has 1 aromatic heterocycles. The molecule has 0 amide bonds. The number of hydrogen-bond acceptors (Lipinski definition) is 4. The van der Waals surface area contributed by atoms with Gasteiger partial charge in [0.1, 0.15) is 4.90 Å². The third-order valence-corrected chi connectivity index (χ3v) is 4.41. The topological polar surface area (TPSA) is 62.3 Å². The van der Waals surface area contributed by atoms with Gasteiger partial charge in [-0.15, -0.1) is 0 Å². The van der Waals surface area contributed by atoms with E-state index in [1.807, 2.05) is 31.1 Å². The van der Waals surface area contributed by atoms with Crippen molar-refractivity contribution in [1.82, 2.24) is 4.98 Å². The summed E-state index contributed by atoms with van der Waals surface area (Å²) < 4.78 is 27.5. The first kappa shape index (κ1) is 14.8. The molecule has 7 heteroatoms. The van der Waals surface area contributed by atoms with Gasteiger partial charge < -0.3 is 4.90 Å². The number of halogens is 1. The van der Waals surface area contributed by atoms with Crippen LogP contribution in [-0.2, 0) is 10.0 Å². The molecule has 20 heavy (non-hydrogen) atoms. The molecule has 5 nitrogen and oxygen atoms in total.